The van der Waals surface area contributed by atoms with Gasteiger partial charge in [0.1, 0.15) is 23.0 Å². The lowest BCUT2D eigenvalue weighted by molar-refractivity contribution is 0.0935. The molecule has 0 radical (unpaired) electrons. The number of carbonyl (C=O) groups excluding carboxylic acids is 1. The van der Waals surface area contributed by atoms with Crippen LogP contribution in [0.15, 0.2) is 77.3 Å². The van der Waals surface area contributed by atoms with Crippen molar-refractivity contribution in [1.82, 2.24) is 15.1 Å². The summed E-state index contributed by atoms with van der Waals surface area (Å²) in [5.74, 6) is 2.02. The van der Waals surface area contributed by atoms with E-state index in [1.807, 2.05) is 80.6 Å². The normalized spacial score (nSPS) is 11.8. The summed E-state index contributed by atoms with van der Waals surface area (Å²) in [6.45, 7) is 4.35. The standard InChI is InChI=1S/C25H25N3O3/c1-17-12-13-23(31-17)18(2)26-25(29)22-16-28(15-19-8-5-4-6-9-19)27-24(22)20-10-7-11-21(14-20)30-3/h4-14,16,18H,15H2,1-3H3,(H,26,29). The summed E-state index contributed by atoms with van der Waals surface area (Å²) in [6.07, 6.45) is 1.79. The Morgan fingerprint density at radius 1 is 1.13 bits per heavy atom. The molecule has 0 fully saturated rings. The van der Waals surface area contributed by atoms with E-state index in [-0.39, 0.29) is 11.9 Å². The van der Waals surface area contributed by atoms with Crippen LogP contribution >= 0.6 is 0 Å². The molecule has 1 unspecified atom stereocenters. The number of hydrogen-bond acceptors (Lipinski definition) is 4. The van der Waals surface area contributed by atoms with Crippen LogP contribution in [0, 0.1) is 6.92 Å². The van der Waals surface area contributed by atoms with Gasteiger partial charge in [0.15, 0.2) is 0 Å². The third-order valence-electron chi connectivity index (χ3n) is 5.07. The highest BCUT2D eigenvalue weighted by Gasteiger charge is 2.21. The lowest BCUT2D eigenvalue weighted by Gasteiger charge is -2.11. The Morgan fingerprint density at radius 3 is 2.65 bits per heavy atom. The lowest BCUT2D eigenvalue weighted by Crippen LogP contribution is -2.26. The number of nitrogens with zero attached hydrogens (tertiary/aromatic N) is 2. The van der Waals surface area contributed by atoms with Crippen molar-refractivity contribution in [1.29, 1.82) is 0 Å². The Labute approximate surface area is 181 Å². The summed E-state index contributed by atoms with van der Waals surface area (Å²) in [6, 6.07) is 21.1. The van der Waals surface area contributed by atoms with Crippen LogP contribution in [0.1, 0.15) is 40.4 Å². The first-order chi connectivity index (χ1) is 15.0. The highest BCUT2D eigenvalue weighted by molar-refractivity contribution is 6.00. The number of nitrogens with one attached hydrogen (secondary N) is 1. The van der Waals surface area contributed by atoms with Gasteiger partial charge in [-0.15, -0.1) is 0 Å². The number of amides is 1. The number of aryl methyl sites for hydroxylation is 1. The summed E-state index contributed by atoms with van der Waals surface area (Å²) < 4.78 is 12.8. The van der Waals surface area contributed by atoms with Crippen molar-refractivity contribution >= 4 is 5.91 Å². The van der Waals surface area contributed by atoms with Gasteiger partial charge in [-0.2, -0.15) is 5.10 Å². The van der Waals surface area contributed by atoms with E-state index in [0.717, 1.165) is 16.9 Å². The average molecular weight is 415 g/mol. The van der Waals surface area contributed by atoms with Gasteiger partial charge in [0, 0.05) is 11.8 Å². The first-order valence-electron chi connectivity index (χ1n) is 10.2. The molecule has 0 aliphatic carbocycles. The zero-order valence-corrected chi connectivity index (χ0v) is 17.8. The van der Waals surface area contributed by atoms with E-state index in [2.05, 4.69) is 5.32 Å². The number of furan rings is 1. The summed E-state index contributed by atoms with van der Waals surface area (Å²) >= 11 is 0. The smallest absolute Gasteiger partial charge is 0.255 e. The Morgan fingerprint density at radius 2 is 1.94 bits per heavy atom. The SMILES string of the molecule is COc1cccc(-c2nn(Cc3ccccc3)cc2C(=O)NC(C)c2ccc(C)o2)c1. The highest BCUT2D eigenvalue weighted by Crippen LogP contribution is 2.27. The van der Waals surface area contributed by atoms with E-state index < -0.39 is 0 Å². The van der Waals surface area contributed by atoms with Crippen molar-refractivity contribution in [2.45, 2.75) is 26.4 Å². The third kappa shape index (κ3) is 4.69. The predicted molar refractivity (Wildman–Crippen MR) is 119 cm³/mol. The van der Waals surface area contributed by atoms with Gasteiger partial charge < -0.3 is 14.5 Å². The van der Waals surface area contributed by atoms with Crippen molar-refractivity contribution in [3.05, 3.63) is 95.6 Å². The molecule has 2 heterocycles. The van der Waals surface area contributed by atoms with Crippen molar-refractivity contribution in [3.63, 3.8) is 0 Å². The molecule has 0 spiro atoms. The molecule has 6 nitrogen and oxygen atoms in total. The van der Waals surface area contributed by atoms with Crippen LogP contribution < -0.4 is 10.1 Å². The first-order valence-corrected chi connectivity index (χ1v) is 10.2. The second-order valence-corrected chi connectivity index (χ2v) is 7.45. The number of ether oxygens (including phenoxy) is 1. The van der Waals surface area contributed by atoms with Gasteiger partial charge in [-0.3, -0.25) is 9.48 Å². The van der Waals surface area contributed by atoms with Crippen LogP contribution in [0.3, 0.4) is 0 Å². The summed E-state index contributed by atoms with van der Waals surface area (Å²) in [4.78, 5) is 13.2. The molecule has 2 aromatic carbocycles. The maximum Gasteiger partial charge on any atom is 0.255 e. The minimum Gasteiger partial charge on any atom is -0.497 e. The fourth-order valence-corrected chi connectivity index (χ4v) is 3.45. The van der Waals surface area contributed by atoms with Crippen molar-refractivity contribution < 1.29 is 13.9 Å². The molecule has 1 N–H and O–H groups in total. The molecule has 1 amide bonds. The fourth-order valence-electron chi connectivity index (χ4n) is 3.45. The van der Waals surface area contributed by atoms with E-state index >= 15 is 0 Å². The van der Waals surface area contributed by atoms with Crippen LogP contribution in [0.4, 0.5) is 0 Å². The molecule has 0 saturated heterocycles. The van der Waals surface area contributed by atoms with Gasteiger partial charge in [-0.1, -0.05) is 42.5 Å². The zero-order valence-electron chi connectivity index (χ0n) is 17.8. The third-order valence-corrected chi connectivity index (χ3v) is 5.07. The maximum absolute atomic E-state index is 13.2. The molecular weight excluding hydrogens is 390 g/mol. The lowest BCUT2D eigenvalue weighted by atomic mass is 10.1. The molecule has 31 heavy (non-hydrogen) atoms. The summed E-state index contributed by atoms with van der Waals surface area (Å²) in [5, 5.41) is 7.76. The quantitative estimate of drug-likeness (QED) is 0.461. The first kappa shape index (κ1) is 20.5. The highest BCUT2D eigenvalue weighted by atomic mass is 16.5. The predicted octanol–water partition coefficient (Wildman–Crippen LogP) is 5.00. The van der Waals surface area contributed by atoms with Crippen molar-refractivity contribution in [2.75, 3.05) is 7.11 Å². The van der Waals surface area contributed by atoms with Crippen LogP contribution in [0.5, 0.6) is 5.75 Å². The van der Waals surface area contributed by atoms with E-state index in [4.69, 9.17) is 14.3 Å². The monoisotopic (exact) mass is 415 g/mol. The van der Waals surface area contributed by atoms with E-state index in [1.54, 1.807) is 18.0 Å². The maximum atomic E-state index is 13.2. The molecule has 0 saturated carbocycles. The molecule has 0 bridgehead atoms. The van der Waals surface area contributed by atoms with E-state index in [0.29, 0.717) is 29.3 Å². The van der Waals surface area contributed by atoms with E-state index in [1.165, 1.54) is 0 Å². The topological polar surface area (TPSA) is 69.3 Å². The van der Waals surface area contributed by atoms with Gasteiger partial charge in [-0.25, -0.2) is 0 Å². The fraction of sp³-hybridized carbons (Fsp3) is 0.200. The zero-order chi connectivity index (χ0) is 21.8. The van der Waals surface area contributed by atoms with Gasteiger partial charge in [-0.05, 0) is 43.7 Å². The number of carbonyl (C=O) groups is 1. The molecule has 0 aliphatic heterocycles. The number of hydrogen-bond donors (Lipinski definition) is 1. The Bertz CT molecular complexity index is 1180. The summed E-state index contributed by atoms with van der Waals surface area (Å²) in [7, 11) is 1.62. The summed E-state index contributed by atoms with van der Waals surface area (Å²) in [5.41, 5.74) is 3.03. The van der Waals surface area contributed by atoms with Gasteiger partial charge >= 0.3 is 0 Å². The van der Waals surface area contributed by atoms with Crippen LogP contribution in [-0.2, 0) is 6.54 Å². The molecule has 4 rings (SSSR count). The Hall–Kier alpha value is -3.80. The number of methoxy groups -OCH3 is 1. The van der Waals surface area contributed by atoms with Gasteiger partial charge in [0.2, 0.25) is 0 Å². The average Bonchev–Trinajstić information content (AvgIpc) is 3.41. The second-order valence-electron chi connectivity index (χ2n) is 7.45. The Kier molecular flexibility index (Phi) is 5.89. The molecule has 2 aromatic heterocycles. The Balaban J connectivity index is 1.67. The van der Waals surface area contributed by atoms with Crippen molar-refractivity contribution in [3.8, 4) is 17.0 Å². The van der Waals surface area contributed by atoms with E-state index in [9.17, 15) is 4.79 Å². The minimum atomic E-state index is -0.267. The van der Waals surface area contributed by atoms with Crippen LogP contribution in [0.25, 0.3) is 11.3 Å². The van der Waals surface area contributed by atoms with Gasteiger partial charge in [0.25, 0.3) is 5.91 Å². The number of rotatable bonds is 7. The molecule has 0 aliphatic rings. The number of aromatic nitrogens is 2. The van der Waals surface area contributed by atoms with Gasteiger partial charge in [0.05, 0.1) is 25.3 Å². The molecule has 4 aromatic rings. The largest absolute Gasteiger partial charge is 0.497 e. The second kappa shape index (κ2) is 8.92. The molecule has 1 atom stereocenters. The van der Waals surface area contributed by atoms with Crippen molar-refractivity contribution in [2.24, 2.45) is 0 Å². The minimum absolute atomic E-state index is 0.210. The molecule has 158 valence electrons. The molecular formula is C25H25N3O3. The van der Waals surface area contributed by atoms with Crippen LogP contribution in [0.2, 0.25) is 0 Å². The van der Waals surface area contributed by atoms with Crippen LogP contribution in [-0.4, -0.2) is 22.8 Å². The molecule has 6 heteroatoms. The number of benzene rings is 2.